The maximum atomic E-state index is 13.6. The molecule has 1 N–H and O–H groups in total. The lowest BCUT2D eigenvalue weighted by Gasteiger charge is -2.23. The standard InChI is InChI=1S/C24H25N3O5S/c1-31-21-13-14-22(32-2)23(15-21)33(29,30)27(17-20-11-7-4-8-12-20)18-24(28)26-25-16-19-9-5-3-6-10-19/h3-16H,17-18H2,1-2H3,(H,26,28)/b25-16+. The van der Waals surface area contributed by atoms with Crippen LogP contribution in [0.2, 0.25) is 0 Å². The summed E-state index contributed by atoms with van der Waals surface area (Å²) in [5.41, 5.74) is 3.91. The molecule has 0 atom stereocenters. The maximum Gasteiger partial charge on any atom is 0.255 e. The highest BCUT2D eigenvalue weighted by molar-refractivity contribution is 7.89. The molecule has 3 aromatic rings. The minimum atomic E-state index is -4.13. The van der Waals surface area contributed by atoms with Crippen LogP contribution in [0.3, 0.4) is 0 Å². The third-order valence-electron chi connectivity index (χ3n) is 4.71. The highest BCUT2D eigenvalue weighted by atomic mass is 32.2. The van der Waals surface area contributed by atoms with Gasteiger partial charge in [-0.25, -0.2) is 13.8 Å². The third kappa shape index (κ3) is 6.41. The zero-order valence-corrected chi connectivity index (χ0v) is 19.2. The fraction of sp³-hybridized carbons (Fsp3) is 0.167. The van der Waals surface area contributed by atoms with Gasteiger partial charge in [-0.1, -0.05) is 60.7 Å². The maximum absolute atomic E-state index is 13.6. The number of hydrazone groups is 1. The number of nitrogens with one attached hydrogen (secondary N) is 1. The molecular formula is C24H25N3O5S. The number of ether oxygens (including phenoxy) is 2. The van der Waals surface area contributed by atoms with E-state index in [-0.39, 0.29) is 17.2 Å². The summed E-state index contributed by atoms with van der Waals surface area (Å²) in [6.07, 6.45) is 1.49. The Balaban J connectivity index is 1.87. The van der Waals surface area contributed by atoms with Crippen molar-refractivity contribution in [1.82, 2.24) is 9.73 Å². The monoisotopic (exact) mass is 467 g/mol. The minimum absolute atomic E-state index is 0.0145. The van der Waals surface area contributed by atoms with Gasteiger partial charge in [-0.15, -0.1) is 0 Å². The number of benzene rings is 3. The van der Waals surface area contributed by atoms with Crippen molar-refractivity contribution in [1.29, 1.82) is 0 Å². The van der Waals surface area contributed by atoms with Crippen LogP contribution in [-0.4, -0.2) is 45.6 Å². The number of sulfonamides is 1. The second-order valence-corrected chi connectivity index (χ2v) is 8.89. The van der Waals surface area contributed by atoms with Crippen molar-refractivity contribution in [3.63, 3.8) is 0 Å². The van der Waals surface area contributed by atoms with E-state index in [1.165, 1.54) is 32.6 Å². The second-order valence-electron chi connectivity index (χ2n) is 6.98. The van der Waals surface area contributed by atoms with Crippen molar-refractivity contribution in [2.24, 2.45) is 5.10 Å². The summed E-state index contributed by atoms with van der Waals surface area (Å²) >= 11 is 0. The van der Waals surface area contributed by atoms with Crippen LogP contribution in [-0.2, 0) is 21.4 Å². The number of rotatable bonds is 10. The molecule has 0 aliphatic rings. The van der Waals surface area contributed by atoms with Crippen molar-refractivity contribution in [3.05, 3.63) is 90.0 Å². The van der Waals surface area contributed by atoms with E-state index >= 15 is 0 Å². The molecule has 0 aromatic heterocycles. The van der Waals surface area contributed by atoms with E-state index in [1.54, 1.807) is 30.3 Å². The Morgan fingerprint density at radius 1 is 0.970 bits per heavy atom. The topological polar surface area (TPSA) is 97.3 Å². The molecule has 9 heteroatoms. The quantitative estimate of drug-likeness (QED) is 0.365. The molecule has 0 fully saturated rings. The Kier molecular flexibility index (Phi) is 8.17. The molecule has 1 amide bonds. The Bertz CT molecular complexity index is 1200. The van der Waals surface area contributed by atoms with Gasteiger partial charge in [0.15, 0.2) is 0 Å². The van der Waals surface area contributed by atoms with Crippen molar-refractivity contribution in [3.8, 4) is 11.5 Å². The van der Waals surface area contributed by atoms with Gasteiger partial charge in [0.2, 0.25) is 10.0 Å². The number of nitrogens with zero attached hydrogens (tertiary/aromatic N) is 2. The fourth-order valence-electron chi connectivity index (χ4n) is 3.05. The van der Waals surface area contributed by atoms with Gasteiger partial charge in [-0.3, -0.25) is 4.79 Å². The van der Waals surface area contributed by atoms with E-state index in [1.807, 2.05) is 36.4 Å². The molecule has 0 aliphatic carbocycles. The highest BCUT2D eigenvalue weighted by Gasteiger charge is 2.30. The van der Waals surface area contributed by atoms with E-state index in [4.69, 9.17) is 9.47 Å². The van der Waals surface area contributed by atoms with Crippen LogP contribution in [0, 0.1) is 0 Å². The summed E-state index contributed by atoms with van der Waals surface area (Å²) in [4.78, 5) is 12.5. The number of methoxy groups -OCH3 is 2. The van der Waals surface area contributed by atoms with Gasteiger partial charge in [-0.2, -0.15) is 9.41 Å². The number of carbonyl (C=O) groups excluding carboxylic acids is 1. The van der Waals surface area contributed by atoms with Gasteiger partial charge in [0, 0.05) is 12.6 Å². The molecule has 0 unspecified atom stereocenters. The third-order valence-corrected chi connectivity index (χ3v) is 6.53. The zero-order chi connectivity index (χ0) is 23.7. The predicted octanol–water partition coefficient (Wildman–Crippen LogP) is 3.05. The minimum Gasteiger partial charge on any atom is -0.497 e. The highest BCUT2D eigenvalue weighted by Crippen LogP contribution is 2.31. The molecule has 0 saturated heterocycles. The number of hydrogen-bond donors (Lipinski definition) is 1. The molecule has 0 radical (unpaired) electrons. The van der Waals surface area contributed by atoms with E-state index in [0.29, 0.717) is 5.75 Å². The molecular weight excluding hydrogens is 442 g/mol. The Labute approximate surface area is 193 Å². The molecule has 33 heavy (non-hydrogen) atoms. The smallest absolute Gasteiger partial charge is 0.255 e. The normalized spacial score (nSPS) is 11.5. The van der Waals surface area contributed by atoms with Gasteiger partial charge in [0.05, 0.1) is 27.0 Å². The predicted molar refractivity (Wildman–Crippen MR) is 126 cm³/mol. The average molecular weight is 468 g/mol. The molecule has 0 heterocycles. The lowest BCUT2D eigenvalue weighted by Crippen LogP contribution is -2.39. The number of amides is 1. The van der Waals surface area contributed by atoms with Gasteiger partial charge in [0.1, 0.15) is 16.4 Å². The molecule has 0 bridgehead atoms. The van der Waals surface area contributed by atoms with Gasteiger partial charge in [0.25, 0.3) is 5.91 Å². The SMILES string of the molecule is COc1ccc(OC)c(S(=O)(=O)N(CC(=O)N/N=C/c2ccccc2)Cc2ccccc2)c1. The van der Waals surface area contributed by atoms with Crippen LogP contribution in [0.15, 0.2) is 88.9 Å². The van der Waals surface area contributed by atoms with Crippen molar-refractivity contribution in [2.75, 3.05) is 20.8 Å². The fourth-order valence-corrected chi connectivity index (χ4v) is 4.61. The second kappa shape index (κ2) is 11.3. The van der Waals surface area contributed by atoms with E-state index in [2.05, 4.69) is 10.5 Å². The first-order valence-electron chi connectivity index (χ1n) is 10.1. The van der Waals surface area contributed by atoms with Crippen molar-refractivity contribution < 1.29 is 22.7 Å². The van der Waals surface area contributed by atoms with E-state index < -0.39 is 22.5 Å². The van der Waals surface area contributed by atoms with Crippen molar-refractivity contribution >= 4 is 22.1 Å². The van der Waals surface area contributed by atoms with Crippen LogP contribution >= 0.6 is 0 Å². The van der Waals surface area contributed by atoms with Crippen LogP contribution in [0.25, 0.3) is 0 Å². The first-order valence-corrected chi connectivity index (χ1v) is 11.5. The summed E-state index contributed by atoms with van der Waals surface area (Å²) in [5.74, 6) is -0.0779. The van der Waals surface area contributed by atoms with Gasteiger partial charge < -0.3 is 9.47 Å². The Morgan fingerprint density at radius 2 is 1.64 bits per heavy atom. The van der Waals surface area contributed by atoms with Crippen LogP contribution in [0.4, 0.5) is 0 Å². The van der Waals surface area contributed by atoms with E-state index in [9.17, 15) is 13.2 Å². The molecule has 172 valence electrons. The number of hydrogen-bond acceptors (Lipinski definition) is 6. The Hall–Kier alpha value is -3.69. The first-order chi connectivity index (χ1) is 15.9. The molecule has 3 rings (SSSR count). The molecule has 0 saturated carbocycles. The van der Waals surface area contributed by atoms with Crippen LogP contribution in [0.5, 0.6) is 11.5 Å². The molecule has 3 aromatic carbocycles. The summed E-state index contributed by atoms with van der Waals surface area (Å²) in [6, 6.07) is 22.7. The average Bonchev–Trinajstić information content (AvgIpc) is 2.84. The first kappa shape index (κ1) is 24.0. The lowest BCUT2D eigenvalue weighted by atomic mass is 10.2. The molecule has 8 nitrogen and oxygen atoms in total. The van der Waals surface area contributed by atoms with Gasteiger partial charge >= 0.3 is 0 Å². The van der Waals surface area contributed by atoms with E-state index in [0.717, 1.165) is 15.4 Å². The Morgan fingerprint density at radius 3 is 2.27 bits per heavy atom. The van der Waals surface area contributed by atoms with Gasteiger partial charge in [-0.05, 0) is 23.3 Å². The largest absolute Gasteiger partial charge is 0.497 e. The van der Waals surface area contributed by atoms with Crippen LogP contribution < -0.4 is 14.9 Å². The summed E-state index contributed by atoms with van der Waals surface area (Å²) < 4.78 is 38.7. The summed E-state index contributed by atoms with van der Waals surface area (Å²) in [5, 5.41) is 3.93. The zero-order valence-electron chi connectivity index (χ0n) is 18.3. The molecule has 0 spiro atoms. The van der Waals surface area contributed by atoms with Crippen molar-refractivity contribution in [2.45, 2.75) is 11.4 Å². The van der Waals surface area contributed by atoms with Crippen LogP contribution in [0.1, 0.15) is 11.1 Å². The molecule has 0 aliphatic heterocycles. The summed E-state index contributed by atoms with van der Waals surface area (Å²) in [7, 11) is -1.31. The summed E-state index contributed by atoms with van der Waals surface area (Å²) in [6.45, 7) is -0.455. The lowest BCUT2D eigenvalue weighted by molar-refractivity contribution is -0.121. The number of carbonyl (C=O) groups is 1.